The Bertz CT molecular complexity index is 956. The van der Waals surface area contributed by atoms with Crippen LogP contribution in [-0.4, -0.2) is 42.1 Å². The first-order valence-corrected chi connectivity index (χ1v) is 9.57. The molecule has 0 bridgehead atoms. The normalized spacial score (nSPS) is 14.0. The molecule has 148 valence electrons. The highest BCUT2D eigenvalue weighted by Crippen LogP contribution is 2.21. The maximum atomic E-state index is 13.1. The molecule has 1 aliphatic rings. The van der Waals surface area contributed by atoms with Crippen LogP contribution in [0.1, 0.15) is 15.9 Å². The van der Waals surface area contributed by atoms with Gasteiger partial charge in [-0.25, -0.2) is 4.39 Å². The summed E-state index contributed by atoms with van der Waals surface area (Å²) in [5, 5.41) is 2.91. The molecule has 0 radical (unpaired) electrons. The van der Waals surface area contributed by atoms with Crippen molar-refractivity contribution < 1.29 is 9.18 Å². The lowest BCUT2D eigenvalue weighted by Crippen LogP contribution is -2.46. The van der Waals surface area contributed by atoms with Gasteiger partial charge in [-0.2, -0.15) is 0 Å². The summed E-state index contributed by atoms with van der Waals surface area (Å²) >= 11 is 0. The minimum absolute atomic E-state index is 0.152. The van der Waals surface area contributed by atoms with E-state index in [-0.39, 0.29) is 11.7 Å². The fourth-order valence-corrected chi connectivity index (χ4v) is 3.38. The van der Waals surface area contributed by atoms with Gasteiger partial charge >= 0.3 is 0 Å². The van der Waals surface area contributed by atoms with E-state index >= 15 is 0 Å². The maximum absolute atomic E-state index is 13.1. The van der Waals surface area contributed by atoms with Crippen LogP contribution in [0.3, 0.4) is 0 Å². The number of hydrogen-bond donors (Lipinski definition) is 1. The standard InChI is InChI=1S/C22H22FN5O/c23-19-1-3-20(4-2-19)27-9-11-28(12-10-27)21-13-18(15-25-16-21)22(29)26-14-17-5-7-24-8-6-17/h1-8,13,15-16H,9-12,14H2,(H,26,29). The summed E-state index contributed by atoms with van der Waals surface area (Å²) in [5.74, 6) is -0.376. The molecule has 2 aromatic heterocycles. The van der Waals surface area contributed by atoms with Gasteiger partial charge in [-0.15, -0.1) is 0 Å². The number of hydrogen-bond acceptors (Lipinski definition) is 5. The van der Waals surface area contributed by atoms with Gasteiger partial charge < -0.3 is 15.1 Å². The SMILES string of the molecule is O=C(NCc1ccncc1)c1cncc(N2CCN(c3ccc(F)cc3)CC2)c1. The van der Waals surface area contributed by atoms with E-state index in [1.165, 1.54) is 12.1 Å². The van der Waals surface area contributed by atoms with Crippen LogP contribution in [0.5, 0.6) is 0 Å². The monoisotopic (exact) mass is 391 g/mol. The van der Waals surface area contributed by atoms with Gasteiger partial charge in [-0.3, -0.25) is 14.8 Å². The molecular weight excluding hydrogens is 369 g/mol. The van der Waals surface area contributed by atoms with Gasteiger partial charge in [0.15, 0.2) is 0 Å². The summed E-state index contributed by atoms with van der Waals surface area (Å²) in [5.41, 5.74) is 3.49. The van der Waals surface area contributed by atoms with Crippen molar-refractivity contribution in [1.82, 2.24) is 15.3 Å². The van der Waals surface area contributed by atoms with E-state index in [9.17, 15) is 9.18 Å². The first-order chi connectivity index (χ1) is 14.2. The number of rotatable bonds is 5. The number of amides is 1. The van der Waals surface area contributed by atoms with E-state index in [4.69, 9.17) is 0 Å². The number of carbonyl (C=O) groups is 1. The Labute approximate surface area is 169 Å². The highest BCUT2D eigenvalue weighted by atomic mass is 19.1. The van der Waals surface area contributed by atoms with Crippen molar-refractivity contribution >= 4 is 17.3 Å². The molecule has 7 heteroatoms. The van der Waals surface area contributed by atoms with E-state index < -0.39 is 0 Å². The number of carbonyl (C=O) groups excluding carboxylic acids is 1. The van der Waals surface area contributed by atoms with Gasteiger partial charge in [0.1, 0.15) is 5.82 Å². The van der Waals surface area contributed by atoms with Gasteiger partial charge in [-0.05, 0) is 48.0 Å². The van der Waals surface area contributed by atoms with Crippen LogP contribution in [-0.2, 0) is 6.54 Å². The smallest absolute Gasteiger partial charge is 0.253 e. The number of pyridine rings is 2. The van der Waals surface area contributed by atoms with Crippen molar-refractivity contribution in [2.75, 3.05) is 36.0 Å². The Kier molecular flexibility index (Phi) is 5.65. The molecule has 0 unspecified atom stereocenters. The van der Waals surface area contributed by atoms with E-state index in [0.717, 1.165) is 43.1 Å². The van der Waals surface area contributed by atoms with Gasteiger partial charge in [-0.1, -0.05) is 0 Å². The predicted molar refractivity (Wildman–Crippen MR) is 110 cm³/mol. The van der Waals surface area contributed by atoms with Gasteiger partial charge in [0.25, 0.3) is 5.91 Å². The first kappa shape index (κ1) is 18.9. The Balaban J connectivity index is 1.36. The lowest BCUT2D eigenvalue weighted by Gasteiger charge is -2.37. The molecule has 1 N–H and O–H groups in total. The summed E-state index contributed by atoms with van der Waals surface area (Å²) in [7, 11) is 0. The topological polar surface area (TPSA) is 61.4 Å². The van der Waals surface area contributed by atoms with Crippen LogP contribution in [0, 0.1) is 5.82 Å². The number of benzene rings is 1. The number of aromatic nitrogens is 2. The molecule has 1 aromatic carbocycles. The molecule has 3 heterocycles. The largest absolute Gasteiger partial charge is 0.368 e. The molecule has 1 amide bonds. The lowest BCUT2D eigenvalue weighted by molar-refractivity contribution is 0.0950. The number of anilines is 2. The van der Waals surface area contributed by atoms with Crippen molar-refractivity contribution in [3.05, 3.63) is 84.2 Å². The highest BCUT2D eigenvalue weighted by Gasteiger charge is 2.19. The highest BCUT2D eigenvalue weighted by molar-refractivity contribution is 5.94. The minimum atomic E-state index is -0.225. The summed E-state index contributed by atoms with van der Waals surface area (Å²) in [6, 6.07) is 12.2. The average Bonchev–Trinajstić information content (AvgIpc) is 2.79. The molecule has 0 spiro atoms. The molecule has 1 saturated heterocycles. The Hall–Kier alpha value is -3.48. The molecule has 29 heavy (non-hydrogen) atoms. The molecule has 6 nitrogen and oxygen atoms in total. The van der Waals surface area contributed by atoms with E-state index in [0.29, 0.717) is 12.1 Å². The maximum Gasteiger partial charge on any atom is 0.253 e. The van der Waals surface area contributed by atoms with Crippen LogP contribution in [0.2, 0.25) is 0 Å². The number of halogens is 1. The molecule has 4 rings (SSSR count). The Morgan fingerprint density at radius 1 is 0.897 bits per heavy atom. The van der Waals surface area contributed by atoms with E-state index in [2.05, 4.69) is 25.1 Å². The molecular formula is C22H22FN5O. The third-order valence-electron chi connectivity index (χ3n) is 5.03. The summed E-state index contributed by atoms with van der Waals surface area (Å²) in [4.78, 5) is 25.2. The van der Waals surface area contributed by atoms with Crippen LogP contribution >= 0.6 is 0 Å². The Morgan fingerprint density at radius 3 is 2.24 bits per heavy atom. The van der Waals surface area contributed by atoms with Gasteiger partial charge in [0.2, 0.25) is 0 Å². The van der Waals surface area contributed by atoms with Crippen LogP contribution in [0.4, 0.5) is 15.8 Å². The molecule has 0 atom stereocenters. The van der Waals surface area contributed by atoms with Gasteiger partial charge in [0, 0.05) is 57.0 Å². The third-order valence-corrected chi connectivity index (χ3v) is 5.03. The van der Waals surface area contributed by atoms with Crippen LogP contribution in [0.25, 0.3) is 0 Å². The van der Waals surface area contributed by atoms with Crippen LogP contribution in [0.15, 0.2) is 67.3 Å². The second-order valence-electron chi connectivity index (χ2n) is 6.92. The number of nitrogens with one attached hydrogen (secondary N) is 1. The quantitative estimate of drug-likeness (QED) is 0.725. The third kappa shape index (κ3) is 4.68. The molecule has 1 aliphatic heterocycles. The van der Waals surface area contributed by atoms with Gasteiger partial charge in [0.05, 0.1) is 17.4 Å². The van der Waals surface area contributed by atoms with Crippen molar-refractivity contribution in [3.8, 4) is 0 Å². The zero-order chi connectivity index (χ0) is 20.1. The summed E-state index contributed by atoms with van der Waals surface area (Å²) < 4.78 is 13.1. The van der Waals surface area contributed by atoms with Crippen molar-refractivity contribution in [1.29, 1.82) is 0 Å². The summed E-state index contributed by atoms with van der Waals surface area (Å²) in [6.45, 7) is 3.71. The molecule has 3 aromatic rings. The second-order valence-corrected chi connectivity index (χ2v) is 6.92. The molecule has 0 aliphatic carbocycles. The van der Waals surface area contributed by atoms with Crippen LogP contribution < -0.4 is 15.1 Å². The lowest BCUT2D eigenvalue weighted by atomic mass is 10.2. The van der Waals surface area contributed by atoms with Crippen molar-refractivity contribution in [2.24, 2.45) is 0 Å². The average molecular weight is 391 g/mol. The molecule has 1 fully saturated rings. The first-order valence-electron chi connectivity index (χ1n) is 9.57. The number of piperazine rings is 1. The van der Waals surface area contributed by atoms with Crippen molar-refractivity contribution in [3.63, 3.8) is 0 Å². The number of nitrogens with zero attached hydrogens (tertiary/aromatic N) is 4. The predicted octanol–water partition coefficient (Wildman–Crippen LogP) is 2.87. The van der Waals surface area contributed by atoms with E-state index in [1.807, 2.05) is 18.2 Å². The second kappa shape index (κ2) is 8.68. The zero-order valence-corrected chi connectivity index (χ0v) is 16.0. The Morgan fingerprint density at radius 2 is 1.55 bits per heavy atom. The zero-order valence-electron chi connectivity index (χ0n) is 16.0. The fourth-order valence-electron chi connectivity index (χ4n) is 3.38. The summed E-state index contributed by atoms with van der Waals surface area (Å²) in [6.07, 6.45) is 6.78. The van der Waals surface area contributed by atoms with Crippen molar-refractivity contribution in [2.45, 2.75) is 6.54 Å². The minimum Gasteiger partial charge on any atom is -0.368 e. The van der Waals surface area contributed by atoms with E-state index in [1.54, 1.807) is 36.9 Å². The fraction of sp³-hybridized carbons (Fsp3) is 0.227. The molecule has 0 saturated carbocycles.